The van der Waals surface area contributed by atoms with Crippen molar-refractivity contribution in [3.05, 3.63) is 48.0 Å². The normalized spacial score (nSPS) is 11.7. The Kier molecular flexibility index (Phi) is 2.92. The second-order valence-electron chi connectivity index (χ2n) is 2.88. The van der Waals surface area contributed by atoms with Crippen molar-refractivity contribution < 1.29 is 4.42 Å². The summed E-state index contributed by atoms with van der Waals surface area (Å²) in [6.45, 7) is 7.77. The Morgan fingerprint density at radius 3 is 2.92 bits per heavy atom. The molecule has 1 nitrogen and oxygen atoms in total. The van der Waals surface area contributed by atoms with Crippen molar-refractivity contribution in [1.82, 2.24) is 0 Å². The fraction of sp³-hybridized carbons (Fsp3) is 0.273. The van der Waals surface area contributed by atoms with Crippen molar-refractivity contribution >= 4 is 0 Å². The van der Waals surface area contributed by atoms with Crippen LogP contribution in [0.25, 0.3) is 0 Å². The molecule has 0 saturated heterocycles. The molecule has 0 aliphatic carbocycles. The van der Waals surface area contributed by atoms with E-state index in [4.69, 9.17) is 4.42 Å². The van der Waals surface area contributed by atoms with Gasteiger partial charge in [0.15, 0.2) is 0 Å². The molecular weight excluding hydrogens is 148 g/mol. The molecule has 0 aliphatic heterocycles. The van der Waals surface area contributed by atoms with Gasteiger partial charge < -0.3 is 4.42 Å². The maximum Gasteiger partial charge on any atom is 0.110 e. The molecule has 1 aromatic rings. The molecule has 0 bridgehead atoms. The number of hydrogen-bond donors (Lipinski definition) is 0. The molecule has 0 spiro atoms. The van der Waals surface area contributed by atoms with Crippen LogP contribution in [0.2, 0.25) is 0 Å². The average molecular weight is 162 g/mol. The van der Waals surface area contributed by atoms with E-state index in [0.29, 0.717) is 0 Å². The first-order valence-corrected chi connectivity index (χ1v) is 4.06. The van der Waals surface area contributed by atoms with E-state index in [-0.39, 0.29) is 0 Å². The standard InChI is InChI=1S/C11H14O/c1-4-9(2)5-6-11-10(3)7-8-12-11/h4-5,7-8H,1,6H2,2-3H3/b9-5+. The predicted molar refractivity (Wildman–Crippen MR) is 51.1 cm³/mol. The van der Waals surface area contributed by atoms with Crippen LogP contribution in [0, 0.1) is 6.92 Å². The van der Waals surface area contributed by atoms with Crippen LogP contribution in [0.1, 0.15) is 18.2 Å². The molecule has 1 heterocycles. The Balaban J connectivity index is 2.65. The molecule has 12 heavy (non-hydrogen) atoms. The van der Waals surface area contributed by atoms with Gasteiger partial charge in [-0.2, -0.15) is 0 Å². The number of aryl methyl sites for hydroxylation is 1. The lowest BCUT2D eigenvalue weighted by Gasteiger charge is -1.93. The van der Waals surface area contributed by atoms with Gasteiger partial charge in [-0.3, -0.25) is 0 Å². The minimum atomic E-state index is 0.858. The summed E-state index contributed by atoms with van der Waals surface area (Å²) in [5, 5.41) is 0. The number of hydrogen-bond acceptors (Lipinski definition) is 1. The summed E-state index contributed by atoms with van der Waals surface area (Å²) in [4.78, 5) is 0. The summed E-state index contributed by atoms with van der Waals surface area (Å²) in [5.74, 6) is 1.04. The Labute approximate surface area is 73.4 Å². The molecule has 0 atom stereocenters. The molecule has 0 unspecified atom stereocenters. The van der Waals surface area contributed by atoms with Gasteiger partial charge in [0, 0.05) is 6.42 Å². The molecule has 1 aromatic heterocycles. The number of allylic oxidation sites excluding steroid dienone is 3. The van der Waals surface area contributed by atoms with Crippen LogP contribution in [0.3, 0.4) is 0 Å². The summed E-state index contributed by atoms with van der Waals surface area (Å²) in [6.07, 6.45) is 6.54. The van der Waals surface area contributed by atoms with Gasteiger partial charge in [0.1, 0.15) is 5.76 Å². The highest BCUT2D eigenvalue weighted by atomic mass is 16.3. The van der Waals surface area contributed by atoms with Crippen molar-refractivity contribution in [3.63, 3.8) is 0 Å². The second kappa shape index (κ2) is 3.96. The van der Waals surface area contributed by atoms with Crippen LogP contribution in [-0.4, -0.2) is 0 Å². The monoisotopic (exact) mass is 162 g/mol. The topological polar surface area (TPSA) is 13.1 Å². The minimum Gasteiger partial charge on any atom is -0.469 e. The number of furan rings is 1. The van der Waals surface area contributed by atoms with Crippen LogP contribution >= 0.6 is 0 Å². The van der Waals surface area contributed by atoms with E-state index in [9.17, 15) is 0 Å². The lowest BCUT2D eigenvalue weighted by Crippen LogP contribution is -1.80. The van der Waals surface area contributed by atoms with Crippen molar-refractivity contribution in [3.8, 4) is 0 Å². The molecule has 0 saturated carbocycles. The number of rotatable bonds is 3. The fourth-order valence-corrected chi connectivity index (χ4v) is 0.950. The van der Waals surface area contributed by atoms with Gasteiger partial charge in [-0.05, 0) is 25.5 Å². The smallest absolute Gasteiger partial charge is 0.110 e. The third-order valence-corrected chi connectivity index (χ3v) is 1.90. The maximum atomic E-state index is 5.28. The van der Waals surface area contributed by atoms with E-state index in [1.54, 1.807) is 6.26 Å². The lowest BCUT2D eigenvalue weighted by molar-refractivity contribution is 0.520. The summed E-state index contributed by atoms with van der Waals surface area (Å²) < 4.78 is 5.28. The maximum absolute atomic E-state index is 5.28. The highest BCUT2D eigenvalue weighted by Crippen LogP contribution is 2.10. The van der Waals surface area contributed by atoms with Crippen LogP contribution in [0.15, 0.2) is 41.1 Å². The Morgan fingerprint density at radius 2 is 2.42 bits per heavy atom. The van der Waals surface area contributed by atoms with Gasteiger partial charge in [0.25, 0.3) is 0 Å². The zero-order valence-corrected chi connectivity index (χ0v) is 7.63. The fourth-order valence-electron chi connectivity index (χ4n) is 0.950. The third kappa shape index (κ3) is 2.12. The van der Waals surface area contributed by atoms with Crippen molar-refractivity contribution in [2.24, 2.45) is 0 Å². The first-order chi connectivity index (χ1) is 5.74. The second-order valence-corrected chi connectivity index (χ2v) is 2.88. The van der Waals surface area contributed by atoms with Gasteiger partial charge in [0.05, 0.1) is 6.26 Å². The summed E-state index contributed by atoms with van der Waals surface area (Å²) in [7, 11) is 0. The molecule has 0 aliphatic rings. The summed E-state index contributed by atoms with van der Waals surface area (Å²) in [6, 6.07) is 1.98. The molecule has 0 radical (unpaired) electrons. The molecule has 1 rings (SSSR count). The first kappa shape index (κ1) is 8.85. The van der Waals surface area contributed by atoms with Gasteiger partial charge in [-0.25, -0.2) is 0 Å². The Bertz CT molecular complexity index is 292. The largest absolute Gasteiger partial charge is 0.469 e. The van der Waals surface area contributed by atoms with Gasteiger partial charge in [0.2, 0.25) is 0 Å². The van der Waals surface area contributed by atoms with Gasteiger partial charge in [-0.15, -0.1) is 0 Å². The highest BCUT2D eigenvalue weighted by Gasteiger charge is 1.97. The molecule has 0 fully saturated rings. The minimum absolute atomic E-state index is 0.858. The predicted octanol–water partition coefficient (Wildman–Crippen LogP) is 3.26. The van der Waals surface area contributed by atoms with E-state index in [2.05, 4.69) is 19.6 Å². The van der Waals surface area contributed by atoms with E-state index in [0.717, 1.165) is 12.2 Å². The molecule has 0 aromatic carbocycles. The molecular formula is C11H14O. The lowest BCUT2D eigenvalue weighted by atomic mass is 10.2. The zero-order valence-electron chi connectivity index (χ0n) is 7.63. The Hall–Kier alpha value is -1.24. The van der Waals surface area contributed by atoms with Crippen molar-refractivity contribution in [2.75, 3.05) is 0 Å². The average Bonchev–Trinajstić information content (AvgIpc) is 2.47. The van der Waals surface area contributed by atoms with E-state index >= 15 is 0 Å². The first-order valence-electron chi connectivity index (χ1n) is 4.06. The molecule has 0 N–H and O–H groups in total. The summed E-state index contributed by atoms with van der Waals surface area (Å²) in [5.41, 5.74) is 2.40. The summed E-state index contributed by atoms with van der Waals surface area (Å²) >= 11 is 0. The van der Waals surface area contributed by atoms with Crippen LogP contribution in [0.5, 0.6) is 0 Å². The van der Waals surface area contributed by atoms with Crippen molar-refractivity contribution in [2.45, 2.75) is 20.3 Å². The Morgan fingerprint density at radius 1 is 1.67 bits per heavy atom. The molecule has 64 valence electrons. The van der Waals surface area contributed by atoms with Gasteiger partial charge >= 0.3 is 0 Å². The van der Waals surface area contributed by atoms with Gasteiger partial charge in [-0.1, -0.05) is 24.3 Å². The quantitative estimate of drug-likeness (QED) is 0.622. The highest BCUT2D eigenvalue weighted by molar-refractivity contribution is 5.21. The molecule has 0 amide bonds. The van der Waals surface area contributed by atoms with E-state index < -0.39 is 0 Å². The SMILES string of the molecule is C=C/C(C)=C/Cc1occc1C. The third-order valence-electron chi connectivity index (χ3n) is 1.90. The zero-order chi connectivity index (χ0) is 8.97. The van der Waals surface area contributed by atoms with E-state index in [1.807, 2.05) is 19.1 Å². The van der Waals surface area contributed by atoms with Crippen LogP contribution in [0.4, 0.5) is 0 Å². The van der Waals surface area contributed by atoms with Crippen LogP contribution < -0.4 is 0 Å². The van der Waals surface area contributed by atoms with Crippen LogP contribution in [-0.2, 0) is 6.42 Å². The molecule has 1 heteroatoms. The van der Waals surface area contributed by atoms with E-state index in [1.165, 1.54) is 11.1 Å². The van der Waals surface area contributed by atoms with Crippen molar-refractivity contribution in [1.29, 1.82) is 0 Å².